The number of ether oxygens (including phenoxy) is 1. The highest BCUT2D eigenvalue weighted by Gasteiger charge is 2.29. The van der Waals surface area contributed by atoms with Gasteiger partial charge in [0, 0.05) is 17.1 Å². The zero-order valence-electron chi connectivity index (χ0n) is 12.6. The Bertz CT molecular complexity index is 518. The van der Waals surface area contributed by atoms with Crippen LogP contribution >= 0.6 is 11.6 Å². The Morgan fingerprint density at radius 3 is 2.90 bits per heavy atom. The topological polar surface area (TPSA) is 49.8 Å². The predicted molar refractivity (Wildman–Crippen MR) is 83.0 cm³/mol. The van der Waals surface area contributed by atoms with E-state index in [4.69, 9.17) is 16.3 Å². The Balaban J connectivity index is 2.24. The molecule has 0 radical (unpaired) electrons. The van der Waals surface area contributed by atoms with Crippen LogP contribution in [-0.4, -0.2) is 35.2 Å². The maximum absolute atomic E-state index is 11.4. The van der Waals surface area contributed by atoms with Crippen LogP contribution in [0.1, 0.15) is 37.3 Å². The number of likely N-dealkylation sites (tertiary alicyclic amines) is 1. The highest BCUT2D eigenvalue weighted by molar-refractivity contribution is 6.31. The summed E-state index contributed by atoms with van der Waals surface area (Å²) in [7, 11) is 0. The van der Waals surface area contributed by atoms with Crippen LogP contribution in [0.15, 0.2) is 12.1 Å². The van der Waals surface area contributed by atoms with E-state index in [2.05, 4.69) is 0 Å². The first kappa shape index (κ1) is 16.1. The van der Waals surface area contributed by atoms with E-state index in [9.17, 15) is 9.90 Å². The smallest absolute Gasteiger partial charge is 0.320 e. The molecule has 5 heteroatoms. The molecule has 0 aliphatic carbocycles. The van der Waals surface area contributed by atoms with E-state index < -0.39 is 12.0 Å². The number of carbonyl (C=O) groups is 1. The van der Waals surface area contributed by atoms with E-state index in [1.54, 1.807) is 0 Å². The van der Waals surface area contributed by atoms with E-state index in [0.717, 1.165) is 36.3 Å². The fourth-order valence-corrected chi connectivity index (χ4v) is 2.97. The van der Waals surface area contributed by atoms with Crippen LogP contribution in [0, 0.1) is 6.92 Å². The van der Waals surface area contributed by atoms with Gasteiger partial charge in [-0.15, -0.1) is 0 Å². The molecule has 116 valence electrons. The average molecular weight is 312 g/mol. The third-order valence-electron chi connectivity index (χ3n) is 3.91. The number of aryl methyl sites for hydroxylation is 1. The lowest BCUT2D eigenvalue weighted by molar-refractivity contribution is -0.144. The first-order valence-electron chi connectivity index (χ1n) is 7.41. The van der Waals surface area contributed by atoms with Gasteiger partial charge < -0.3 is 9.84 Å². The highest BCUT2D eigenvalue weighted by atomic mass is 35.5. The lowest BCUT2D eigenvalue weighted by atomic mass is 10.0. The zero-order chi connectivity index (χ0) is 15.4. The molecule has 1 aliphatic heterocycles. The van der Waals surface area contributed by atoms with Crippen LogP contribution in [0.3, 0.4) is 0 Å². The Kier molecular flexibility index (Phi) is 5.48. The lowest BCUT2D eigenvalue weighted by Gasteiger charge is -2.33. The van der Waals surface area contributed by atoms with Crippen molar-refractivity contribution in [2.24, 2.45) is 0 Å². The van der Waals surface area contributed by atoms with Crippen molar-refractivity contribution in [1.29, 1.82) is 0 Å². The Morgan fingerprint density at radius 1 is 1.48 bits per heavy atom. The van der Waals surface area contributed by atoms with Crippen molar-refractivity contribution < 1.29 is 14.6 Å². The minimum atomic E-state index is -0.745. The van der Waals surface area contributed by atoms with Crippen LogP contribution in [-0.2, 0) is 11.3 Å². The first-order chi connectivity index (χ1) is 10.0. The van der Waals surface area contributed by atoms with Crippen molar-refractivity contribution in [3.8, 4) is 5.75 Å². The maximum Gasteiger partial charge on any atom is 0.320 e. The van der Waals surface area contributed by atoms with Gasteiger partial charge in [-0.1, -0.05) is 18.0 Å². The number of benzene rings is 1. The van der Waals surface area contributed by atoms with E-state index in [0.29, 0.717) is 24.6 Å². The molecule has 1 N–H and O–H groups in total. The van der Waals surface area contributed by atoms with Gasteiger partial charge in [-0.2, -0.15) is 0 Å². The van der Waals surface area contributed by atoms with Gasteiger partial charge in [0.25, 0.3) is 0 Å². The van der Waals surface area contributed by atoms with Crippen molar-refractivity contribution >= 4 is 17.6 Å². The molecule has 1 aromatic rings. The molecule has 21 heavy (non-hydrogen) atoms. The fraction of sp³-hybridized carbons (Fsp3) is 0.562. The van der Waals surface area contributed by atoms with Crippen molar-refractivity contribution in [3.05, 3.63) is 28.3 Å². The van der Waals surface area contributed by atoms with Gasteiger partial charge in [0.05, 0.1) is 6.61 Å². The van der Waals surface area contributed by atoms with Gasteiger partial charge in [-0.25, -0.2) is 0 Å². The fourth-order valence-electron chi connectivity index (χ4n) is 2.79. The molecule has 0 amide bonds. The molecule has 0 bridgehead atoms. The summed E-state index contributed by atoms with van der Waals surface area (Å²) in [6.07, 6.45) is 2.71. The first-order valence-corrected chi connectivity index (χ1v) is 7.79. The minimum absolute atomic E-state index is 0.409. The molecular weight excluding hydrogens is 290 g/mol. The van der Waals surface area contributed by atoms with Crippen LogP contribution in [0.25, 0.3) is 0 Å². The lowest BCUT2D eigenvalue weighted by Crippen LogP contribution is -2.44. The second-order valence-electron chi connectivity index (χ2n) is 5.46. The summed E-state index contributed by atoms with van der Waals surface area (Å²) >= 11 is 6.21. The molecule has 4 nitrogen and oxygen atoms in total. The summed E-state index contributed by atoms with van der Waals surface area (Å²) in [6, 6.07) is 3.42. The SMILES string of the molecule is CCOc1cc(C)c(Cl)cc1CN1CCCCC1C(=O)O. The van der Waals surface area contributed by atoms with Crippen LogP contribution in [0.5, 0.6) is 5.75 Å². The van der Waals surface area contributed by atoms with E-state index >= 15 is 0 Å². The van der Waals surface area contributed by atoms with Crippen LogP contribution < -0.4 is 4.74 Å². The van der Waals surface area contributed by atoms with E-state index in [1.807, 2.05) is 30.9 Å². The Labute approximate surface area is 130 Å². The third kappa shape index (κ3) is 3.89. The zero-order valence-corrected chi connectivity index (χ0v) is 13.3. The van der Waals surface area contributed by atoms with Gasteiger partial charge >= 0.3 is 5.97 Å². The largest absolute Gasteiger partial charge is 0.494 e. The molecule has 1 atom stereocenters. The molecule has 1 heterocycles. The second-order valence-corrected chi connectivity index (χ2v) is 5.87. The molecular formula is C16H22ClNO3. The number of piperidine rings is 1. The molecule has 1 unspecified atom stereocenters. The quantitative estimate of drug-likeness (QED) is 0.904. The molecule has 1 saturated heterocycles. The number of hydrogen-bond acceptors (Lipinski definition) is 3. The number of carboxylic acid groups (broad SMARTS) is 1. The van der Waals surface area contributed by atoms with Gasteiger partial charge in [-0.05, 0) is 50.9 Å². The molecule has 0 spiro atoms. The van der Waals surface area contributed by atoms with Crippen molar-refractivity contribution in [2.45, 2.75) is 45.7 Å². The molecule has 2 rings (SSSR count). The summed E-state index contributed by atoms with van der Waals surface area (Å²) in [5.74, 6) is 0.0555. The molecule has 1 aromatic carbocycles. The average Bonchev–Trinajstić information content (AvgIpc) is 2.45. The van der Waals surface area contributed by atoms with Crippen molar-refractivity contribution in [1.82, 2.24) is 4.90 Å². The van der Waals surface area contributed by atoms with Crippen LogP contribution in [0.2, 0.25) is 5.02 Å². The summed E-state index contributed by atoms with van der Waals surface area (Å²) < 4.78 is 5.68. The van der Waals surface area contributed by atoms with E-state index in [1.165, 1.54) is 0 Å². The number of rotatable bonds is 5. The minimum Gasteiger partial charge on any atom is -0.494 e. The molecule has 1 fully saturated rings. The van der Waals surface area contributed by atoms with Gasteiger partial charge in [0.1, 0.15) is 11.8 Å². The molecule has 1 aliphatic rings. The number of aliphatic carboxylic acids is 1. The van der Waals surface area contributed by atoms with Crippen molar-refractivity contribution in [2.75, 3.05) is 13.2 Å². The van der Waals surface area contributed by atoms with Gasteiger partial charge in [0.2, 0.25) is 0 Å². The summed E-state index contributed by atoms with van der Waals surface area (Å²) in [5, 5.41) is 10.1. The normalized spacial score (nSPS) is 19.5. The summed E-state index contributed by atoms with van der Waals surface area (Å²) in [5.41, 5.74) is 1.93. The second kappa shape index (κ2) is 7.14. The molecule has 0 aromatic heterocycles. The summed E-state index contributed by atoms with van der Waals surface area (Å²) in [6.45, 7) is 5.82. The predicted octanol–water partition coefficient (Wildman–Crippen LogP) is 3.49. The standard InChI is InChI=1S/C16H22ClNO3/c1-3-21-15-8-11(2)13(17)9-12(15)10-18-7-5-4-6-14(18)16(19)20/h8-9,14H,3-7,10H2,1-2H3,(H,19,20). The van der Waals surface area contributed by atoms with Crippen molar-refractivity contribution in [3.63, 3.8) is 0 Å². The summed E-state index contributed by atoms with van der Waals surface area (Å²) in [4.78, 5) is 13.4. The van der Waals surface area contributed by atoms with Gasteiger partial charge in [-0.3, -0.25) is 9.69 Å². The number of nitrogens with zero attached hydrogens (tertiary/aromatic N) is 1. The molecule has 0 saturated carbocycles. The third-order valence-corrected chi connectivity index (χ3v) is 4.32. The van der Waals surface area contributed by atoms with Gasteiger partial charge in [0.15, 0.2) is 0 Å². The monoisotopic (exact) mass is 311 g/mol. The van der Waals surface area contributed by atoms with E-state index in [-0.39, 0.29) is 0 Å². The number of halogens is 1. The maximum atomic E-state index is 11.4. The Hall–Kier alpha value is -1.26. The number of hydrogen-bond donors (Lipinski definition) is 1. The number of carboxylic acids is 1. The Morgan fingerprint density at radius 2 is 2.24 bits per heavy atom. The highest BCUT2D eigenvalue weighted by Crippen LogP contribution is 2.30. The van der Waals surface area contributed by atoms with Crippen LogP contribution in [0.4, 0.5) is 0 Å².